The molecule has 0 bridgehead atoms. The summed E-state index contributed by atoms with van der Waals surface area (Å²) in [6.45, 7) is 6.75. The molecule has 1 N–H and O–H groups in total. The van der Waals surface area contributed by atoms with Gasteiger partial charge in [-0.3, -0.25) is 4.79 Å². The zero-order valence-corrected chi connectivity index (χ0v) is 14.6. The van der Waals surface area contributed by atoms with Crippen molar-refractivity contribution in [3.8, 4) is 0 Å². The van der Waals surface area contributed by atoms with Gasteiger partial charge in [-0.15, -0.1) is 0 Å². The molecule has 0 radical (unpaired) electrons. The Labute approximate surface area is 140 Å². The van der Waals surface area contributed by atoms with Gasteiger partial charge < -0.3 is 10.2 Å². The number of anilines is 1. The number of carbonyl (C=O) groups is 1. The summed E-state index contributed by atoms with van der Waals surface area (Å²) in [5, 5.41) is 3.19. The van der Waals surface area contributed by atoms with Crippen LogP contribution in [0.15, 0.2) is 24.3 Å². The minimum Gasteiger partial charge on any atom is -0.371 e. The van der Waals surface area contributed by atoms with Crippen molar-refractivity contribution in [3.63, 3.8) is 0 Å². The number of carbonyl (C=O) groups excluding carboxylic acids is 1. The lowest BCUT2D eigenvalue weighted by Gasteiger charge is -2.33. The Kier molecular flexibility index (Phi) is 5.24. The molecule has 1 aromatic carbocycles. The van der Waals surface area contributed by atoms with Crippen LogP contribution < -0.4 is 10.2 Å². The second kappa shape index (κ2) is 7.37. The number of hydrogen-bond acceptors (Lipinski definition) is 2. The molecule has 2 aliphatic rings. The van der Waals surface area contributed by atoms with Crippen LogP contribution in [-0.2, 0) is 4.79 Å². The smallest absolute Gasteiger partial charge is 0.223 e. The van der Waals surface area contributed by atoms with E-state index in [1.807, 2.05) is 0 Å². The first kappa shape index (κ1) is 16.4. The topological polar surface area (TPSA) is 32.3 Å². The highest BCUT2D eigenvalue weighted by molar-refractivity contribution is 5.79. The van der Waals surface area contributed by atoms with E-state index in [4.69, 9.17) is 0 Å². The quantitative estimate of drug-likeness (QED) is 0.899. The van der Waals surface area contributed by atoms with Crippen LogP contribution in [0.25, 0.3) is 0 Å². The molecule has 1 saturated heterocycles. The number of piperidine rings is 1. The molecule has 0 aromatic heterocycles. The summed E-state index contributed by atoms with van der Waals surface area (Å²) < 4.78 is 0. The van der Waals surface area contributed by atoms with Crippen molar-refractivity contribution in [2.24, 2.45) is 11.8 Å². The minimum atomic E-state index is 0.0948. The molecule has 3 nitrogen and oxygen atoms in total. The van der Waals surface area contributed by atoms with Crippen LogP contribution >= 0.6 is 0 Å². The fraction of sp³-hybridized carbons (Fsp3) is 0.650. The maximum atomic E-state index is 12.3. The molecule has 2 atom stereocenters. The fourth-order valence-electron chi connectivity index (χ4n) is 4.00. The van der Waals surface area contributed by atoms with E-state index in [0.717, 1.165) is 31.8 Å². The van der Waals surface area contributed by atoms with Crippen LogP contribution in [-0.4, -0.2) is 19.0 Å². The van der Waals surface area contributed by atoms with Crippen LogP contribution in [0.4, 0.5) is 5.69 Å². The van der Waals surface area contributed by atoms with Crippen molar-refractivity contribution in [2.75, 3.05) is 18.0 Å². The second-order valence-electron chi connectivity index (χ2n) is 7.50. The Morgan fingerprint density at radius 3 is 2.48 bits per heavy atom. The second-order valence-corrected chi connectivity index (χ2v) is 7.50. The van der Waals surface area contributed by atoms with E-state index in [-0.39, 0.29) is 17.9 Å². The highest BCUT2D eigenvalue weighted by atomic mass is 16.1. The Hall–Kier alpha value is -1.51. The molecule has 126 valence electrons. The molecule has 3 rings (SSSR count). The van der Waals surface area contributed by atoms with Crippen molar-refractivity contribution in [1.29, 1.82) is 0 Å². The Morgan fingerprint density at radius 2 is 1.83 bits per heavy atom. The lowest BCUT2D eigenvalue weighted by atomic mass is 9.99. The Bertz CT molecular complexity index is 519. The van der Waals surface area contributed by atoms with E-state index in [1.165, 1.54) is 36.9 Å². The molecular formula is C20H30N2O. The molecule has 1 aromatic rings. The van der Waals surface area contributed by atoms with Gasteiger partial charge in [0.05, 0.1) is 6.04 Å². The fourth-order valence-corrected chi connectivity index (χ4v) is 4.00. The maximum absolute atomic E-state index is 12.3. The maximum Gasteiger partial charge on any atom is 0.223 e. The predicted octanol–water partition coefficient (Wildman–Crippen LogP) is 4.29. The molecule has 2 fully saturated rings. The van der Waals surface area contributed by atoms with Gasteiger partial charge in [0, 0.05) is 24.7 Å². The van der Waals surface area contributed by atoms with Crippen molar-refractivity contribution >= 4 is 11.6 Å². The lowest BCUT2D eigenvalue weighted by Crippen LogP contribution is -2.34. The van der Waals surface area contributed by atoms with E-state index >= 15 is 0 Å². The summed E-state index contributed by atoms with van der Waals surface area (Å²) in [5.41, 5.74) is 2.51. The molecule has 23 heavy (non-hydrogen) atoms. The number of rotatable bonds is 4. The van der Waals surface area contributed by atoms with Gasteiger partial charge in [0.25, 0.3) is 0 Å². The van der Waals surface area contributed by atoms with Crippen molar-refractivity contribution in [1.82, 2.24) is 5.32 Å². The molecule has 1 aliphatic carbocycles. The van der Waals surface area contributed by atoms with Gasteiger partial charge in [0.1, 0.15) is 0 Å². The largest absolute Gasteiger partial charge is 0.371 e. The van der Waals surface area contributed by atoms with Gasteiger partial charge in [-0.05, 0) is 56.2 Å². The van der Waals surface area contributed by atoms with E-state index < -0.39 is 0 Å². The van der Waals surface area contributed by atoms with Gasteiger partial charge in [0.2, 0.25) is 5.91 Å². The third-order valence-corrected chi connectivity index (χ3v) is 5.50. The third kappa shape index (κ3) is 4.07. The van der Waals surface area contributed by atoms with E-state index in [1.54, 1.807) is 0 Å². The monoisotopic (exact) mass is 314 g/mol. The number of benzene rings is 1. The van der Waals surface area contributed by atoms with Gasteiger partial charge in [-0.25, -0.2) is 0 Å². The summed E-state index contributed by atoms with van der Waals surface area (Å²) in [5.74, 6) is 1.27. The molecule has 3 heteroatoms. The van der Waals surface area contributed by atoms with Crippen LogP contribution in [0.2, 0.25) is 0 Å². The summed E-state index contributed by atoms with van der Waals surface area (Å²) in [6.07, 6.45) is 7.16. The first-order chi connectivity index (χ1) is 11.1. The zero-order chi connectivity index (χ0) is 16.2. The molecule has 1 aliphatic heterocycles. The van der Waals surface area contributed by atoms with E-state index in [2.05, 4.69) is 48.3 Å². The molecule has 1 heterocycles. The molecular weight excluding hydrogens is 284 g/mol. The van der Waals surface area contributed by atoms with Crippen LogP contribution in [0.3, 0.4) is 0 Å². The van der Waals surface area contributed by atoms with Crippen LogP contribution in [0.1, 0.15) is 64.0 Å². The van der Waals surface area contributed by atoms with Gasteiger partial charge in [-0.1, -0.05) is 31.9 Å². The molecule has 1 amide bonds. The zero-order valence-electron chi connectivity index (χ0n) is 14.6. The molecule has 0 spiro atoms. The SMILES string of the molecule is C[C@@H]1CCCN(c2ccc([C@@H](C)NC(=O)C3CCCC3)cc2)C1. The number of nitrogens with one attached hydrogen (secondary N) is 1. The van der Waals surface area contributed by atoms with Crippen molar-refractivity contribution < 1.29 is 4.79 Å². The Balaban J connectivity index is 1.58. The van der Waals surface area contributed by atoms with Gasteiger partial charge >= 0.3 is 0 Å². The highest BCUT2D eigenvalue weighted by Crippen LogP contribution is 2.27. The number of amides is 1. The van der Waals surface area contributed by atoms with Gasteiger partial charge in [0.15, 0.2) is 0 Å². The normalized spacial score (nSPS) is 23.7. The first-order valence-corrected chi connectivity index (χ1v) is 9.29. The summed E-state index contributed by atoms with van der Waals surface area (Å²) >= 11 is 0. The average Bonchev–Trinajstić information content (AvgIpc) is 3.09. The van der Waals surface area contributed by atoms with E-state index in [9.17, 15) is 4.79 Å². The summed E-state index contributed by atoms with van der Waals surface area (Å²) in [6, 6.07) is 8.87. The number of nitrogens with zero attached hydrogens (tertiary/aromatic N) is 1. The minimum absolute atomic E-state index is 0.0948. The Morgan fingerprint density at radius 1 is 1.13 bits per heavy atom. The molecule has 0 unspecified atom stereocenters. The van der Waals surface area contributed by atoms with E-state index in [0.29, 0.717) is 0 Å². The number of hydrogen-bond donors (Lipinski definition) is 1. The van der Waals surface area contributed by atoms with Crippen molar-refractivity contribution in [3.05, 3.63) is 29.8 Å². The summed E-state index contributed by atoms with van der Waals surface area (Å²) in [7, 11) is 0. The highest BCUT2D eigenvalue weighted by Gasteiger charge is 2.24. The average molecular weight is 314 g/mol. The predicted molar refractivity (Wildman–Crippen MR) is 95.6 cm³/mol. The lowest BCUT2D eigenvalue weighted by molar-refractivity contribution is -0.125. The summed E-state index contributed by atoms with van der Waals surface area (Å²) in [4.78, 5) is 14.7. The third-order valence-electron chi connectivity index (χ3n) is 5.50. The molecule has 1 saturated carbocycles. The van der Waals surface area contributed by atoms with Crippen LogP contribution in [0.5, 0.6) is 0 Å². The standard InChI is InChI=1S/C20H30N2O/c1-15-6-5-13-22(14-15)19-11-9-17(10-12-19)16(2)21-20(23)18-7-3-4-8-18/h9-12,15-16,18H,3-8,13-14H2,1-2H3,(H,21,23)/t15-,16-/m1/s1. The van der Waals surface area contributed by atoms with Gasteiger partial charge in [-0.2, -0.15) is 0 Å². The first-order valence-electron chi connectivity index (χ1n) is 9.29. The van der Waals surface area contributed by atoms with Crippen LogP contribution in [0, 0.1) is 11.8 Å². The van der Waals surface area contributed by atoms with Crippen molar-refractivity contribution in [2.45, 2.75) is 58.4 Å².